The Kier molecular flexibility index (Phi) is 4.40. The number of hydrogen-bond donors (Lipinski definition) is 0. The molecule has 4 rings (SSSR count). The Morgan fingerprint density at radius 2 is 1.81 bits per heavy atom. The molecular formula is C19H10ClNO3S2. The maximum absolute atomic E-state index is 12.8. The van der Waals surface area contributed by atoms with Gasteiger partial charge < -0.3 is 4.42 Å². The van der Waals surface area contributed by atoms with E-state index in [1.807, 2.05) is 0 Å². The fraction of sp³-hybridized carbons (Fsp3) is 0. The molecule has 0 unspecified atom stereocenters. The summed E-state index contributed by atoms with van der Waals surface area (Å²) in [6, 6.07) is 13.8. The van der Waals surface area contributed by atoms with Gasteiger partial charge in [-0.15, -0.1) is 0 Å². The molecule has 128 valence electrons. The van der Waals surface area contributed by atoms with Crippen molar-refractivity contribution in [1.29, 1.82) is 0 Å². The average Bonchev–Trinajstić information content (AvgIpc) is 2.92. The number of anilines is 1. The Hall–Kier alpha value is -2.41. The van der Waals surface area contributed by atoms with Crippen molar-refractivity contribution in [2.24, 2.45) is 0 Å². The first-order valence-electron chi connectivity index (χ1n) is 7.58. The van der Waals surface area contributed by atoms with Gasteiger partial charge in [-0.3, -0.25) is 14.5 Å². The normalized spacial score (nSPS) is 16.0. The first-order chi connectivity index (χ1) is 12.5. The number of para-hydroxylation sites is 1. The molecule has 0 bridgehead atoms. The minimum absolute atomic E-state index is 0.191. The maximum atomic E-state index is 12.8. The van der Waals surface area contributed by atoms with E-state index in [1.54, 1.807) is 48.5 Å². The fourth-order valence-corrected chi connectivity index (χ4v) is 4.03. The van der Waals surface area contributed by atoms with Crippen LogP contribution in [0.25, 0.3) is 17.0 Å². The van der Waals surface area contributed by atoms with Crippen molar-refractivity contribution in [3.8, 4) is 0 Å². The van der Waals surface area contributed by atoms with Gasteiger partial charge in [-0.05, 0) is 42.5 Å². The van der Waals surface area contributed by atoms with Crippen LogP contribution in [0.15, 0.2) is 68.9 Å². The molecule has 2 aromatic carbocycles. The van der Waals surface area contributed by atoms with Crippen LogP contribution in [0.3, 0.4) is 0 Å². The Labute approximate surface area is 163 Å². The van der Waals surface area contributed by atoms with Crippen LogP contribution >= 0.6 is 35.6 Å². The zero-order valence-electron chi connectivity index (χ0n) is 13.1. The monoisotopic (exact) mass is 399 g/mol. The standard InChI is InChI=1S/C19H10ClNO3S2/c20-12-5-7-13(8-6-12)21-18(23)16(26-19(21)25)9-11-10-24-15-4-2-1-3-14(15)17(11)22/h1-10H/b16-9+. The lowest BCUT2D eigenvalue weighted by Gasteiger charge is -2.14. The summed E-state index contributed by atoms with van der Waals surface area (Å²) in [5.41, 5.74) is 1.25. The Balaban J connectivity index is 1.74. The lowest BCUT2D eigenvalue weighted by atomic mass is 10.1. The molecule has 1 aliphatic rings. The van der Waals surface area contributed by atoms with Crippen LogP contribution in [0.5, 0.6) is 0 Å². The molecule has 2 heterocycles. The maximum Gasteiger partial charge on any atom is 0.270 e. The SMILES string of the molecule is O=C1/C(=C\c2coc3ccccc3c2=O)SC(=S)N1c1ccc(Cl)cc1. The van der Waals surface area contributed by atoms with Crippen LogP contribution in [0.2, 0.25) is 5.02 Å². The van der Waals surface area contributed by atoms with E-state index in [0.717, 1.165) is 11.8 Å². The summed E-state index contributed by atoms with van der Waals surface area (Å²) < 4.78 is 5.89. The highest BCUT2D eigenvalue weighted by atomic mass is 35.5. The number of thiocarbonyl (C=S) groups is 1. The van der Waals surface area contributed by atoms with Crippen molar-refractivity contribution < 1.29 is 9.21 Å². The molecule has 0 N–H and O–H groups in total. The molecule has 4 nitrogen and oxygen atoms in total. The zero-order valence-corrected chi connectivity index (χ0v) is 15.5. The number of carbonyl (C=O) groups is 1. The summed E-state index contributed by atoms with van der Waals surface area (Å²) in [5.74, 6) is -0.283. The summed E-state index contributed by atoms with van der Waals surface area (Å²) >= 11 is 12.4. The second-order valence-corrected chi connectivity index (χ2v) is 7.62. The Bertz CT molecular complexity index is 1140. The van der Waals surface area contributed by atoms with Crippen LogP contribution < -0.4 is 10.3 Å². The number of halogens is 1. The molecule has 0 radical (unpaired) electrons. The number of thioether (sulfide) groups is 1. The van der Waals surface area contributed by atoms with Gasteiger partial charge in [-0.1, -0.05) is 47.7 Å². The predicted molar refractivity (Wildman–Crippen MR) is 110 cm³/mol. The summed E-state index contributed by atoms with van der Waals surface area (Å²) in [5, 5.41) is 1.04. The second-order valence-electron chi connectivity index (χ2n) is 5.51. The Morgan fingerprint density at radius 1 is 1.08 bits per heavy atom. The lowest BCUT2D eigenvalue weighted by Crippen LogP contribution is -2.27. The van der Waals surface area contributed by atoms with E-state index in [-0.39, 0.29) is 11.3 Å². The predicted octanol–water partition coefficient (Wildman–Crippen LogP) is 4.85. The number of amides is 1. The van der Waals surface area contributed by atoms with Crippen LogP contribution in [-0.4, -0.2) is 10.2 Å². The van der Waals surface area contributed by atoms with Gasteiger partial charge >= 0.3 is 0 Å². The van der Waals surface area contributed by atoms with Gasteiger partial charge in [0.05, 0.1) is 21.5 Å². The summed E-state index contributed by atoms with van der Waals surface area (Å²) in [6.07, 6.45) is 2.88. The smallest absolute Gasteiger partial charge is 0.270 e. The van der Waals surface area contributed by atoms with Crippen molar-refractivity contribution in [2.75, 3.05) is 4.90 Å². The first-order valence-corrected chi connectivity index (χ1v) is 9.19. The number of benzene rings is 2. The second kappa shape index (κ2) is 6.72. The number of fused-ring (bicyclic) bond motifs is 1. The molecule has 3 aromatic rings. The van der Waals surface area contributed by atoms with E-state index in [1.165, 1.54) is 17.2 Å². The van der Waals surface area contributed by atoms with Crippen molar-refractivity contribution in [2.45, 2.75) is 0 Å². The van der Waals surface area contributed by atoms with Gasteiger partial charge in [0.2, 0.25) is 0 Å². The van der Waals surface area contributed by atoms with E-state index in [4.69, 9.17) is 28.2 Å². The molecule has 1 fully saturated rings. The summed E-state index contributed by atoms with van der Waals surface area (Å²) in [4.78, 5) is 27.2. The molecule has 1 aromatic heterocycles. The molecule has 0 aliphatic carbocycles. The highest BCUT2D eigenvalue weighted by molar-refractivity contribution is 8.27. The average molecular weight is 400 g/mol. The lowest BCUT2D eigenvalue weighted by molar-refractivity contribution is -0.113. The van der Waals surface area contributed by atoms with Crippen LogP contribution in [0, 0.1) is 0 Å². The van der Waals surface area contributed by atoms with Gasteiger partial charge in [0.1, 0.15) is 11.8 Å². The van der Waals surface area contributed by atoms with E-state index >= 15 is 0 Å². The zero-order chi connectivity index (χ0) is 18.3. The van der Waals surface area contributed by atoms with Gasteiger partial charge in [-0.2, -0.15) is 0 Å². The van der Waals surface area contributed by atoms with Crippen molar-refractivity contribution in [1.82, 2.24) is 0 Å². The number of hydrogen-bond acceptors (Lipinski definition) is 5. The fourth-order valence-electron chi connectivity index (χ4n) is 2.61. The van der Waals surface area contributed by atoms with E-state index < -0.39 is 0 Å². The highest BCUT2D eigenvalue weighted by Crippen LogP contribution is 2.36. The highest BCUT2D eigenvalue weighted by Gasteiger charge is 2.33. The van der Waals surface area contributed by atoms with Crippen LogP contribution in [-0.2, 0) is 4.79 Å². The van der Waals surface area contributed by atoms with Gasteiger partial charge in [0.15, 0.2) is 9.75 Å². The third-order valence-electron chi connectivity index (χ3n) is 3.87. The molecular weight excluding hydrogens is 390 g/mol. The molecule has 1 aliphatic heterocycles. The number of carbonyl (C=O) groups excluding carboxylic acids is 1. The van der Waals surface area contributed by atoms with Gasteiger partial charge in [-0.25, -0.2) is 0 Å². The van der Waals surface area contributed by atoms with Crippen LogP contribution in [0.4, 0.5) is 5.69 Å². The molecule has 0 saturated carbocycles. The van der Waals surface area contributed by atoms with Gasteiger partial charge in [0.25, 0.3) is 5.91 Å². The molecule has 1 amide bonds. The van der Waals surface area contributed by atoms with E-state index in [2.05, 4.69) is 0 Å². The van der Waals surface area contributed by atoms with Gasteiger partial charge in [0, 0.05) is 5.02 Å². The molecule has 26 heavy (non-hydrogen) atoms. The molecule has 0 atom stereocenters. The largest absolute Gasteiger partial charge is 0.463 e. The third kappa shape index (κ3) is 2.96. The molecule has 0 spiro atoms. The third-order valence-corrected chi connectivity index (χ3v) is 5.43. The van der Waals surface area contributed by atoms with Crippen molar-refractivity contribution in [3.05, 3.63) is 80.5 Å². The minimum atomic E-state index is -0.283. The first kappa shape index (κ1) is 17.0. The summed E-state index contributed by atoms with van der Waals surface area (Å²) in [7, 11) is 0. The number of nitrogens with zero attached hydrogens (tertiary/aromatic N) is 1. The molecule has 1 saturated heterocycles. The minimum Gasteiger partial charge on any atom is -0.463 e. The van der Waals surface area contributed by atoms with E-state index in [0.29, 0.717) is 36.5 Å². The van der Waals surface area contributed by atoms with Crippen molar-refractivity contribution >= 4 is 68.5 Å². The van der Waals surface area contributed by atoms with Crippen molar-refractivity contribution in [3.63, 3.8) is 0 Å². The quantitative estimate of drug-likeness (QED) is 0.455. The van der Waals surface area contributed by atoms with E-state index in [9.17, 15) is 9.59 Å². The summed E-state index contributed by atoms with van der Waals surface area (Å²) in [6.45, 7) is 0. The topological polar surface area (TPSA) is 50.5 Å². The Morgan fingerprint density at radius 3 is 2.58 bits per heavy atom. The number of rotatable bonds is 2. The van der Waals surface area contributed by atoms with Crippen LogP contribution in [0.1, 0.15) is 5.56 Å². The molecule has 7 heteroatoms.